The molecule has 1 N–H and O–H groups in total. The largest absolute Gasteiger partial charge is 0.449 e. The van der Waals surface area contributed by atoms with Gasteiger partial charge in [0, 0.05) is 30.5 Å². The molecule has 24 heavy (non-hydrogen) atoms. The van der Waals surface area contributed by atoms with Crippen LogP contribution in [0.2, 0.25) is 5.02 Å². The highest BCUT2D eigenvalue weighted by molar-refractivity contribution is 6.30. The number of halogens is 1. The Kier molecular flexibility index (Phi) is 5.82. The van der Waals surface area contributed by atoms with Crippen LogP contribution >= 0.6 is 11.6 Å². The first-order chi connectivity index (χ1) is 11.4. The number of nitrogens with one attached hydrogen (secondary N) is 1. The van der Waals surface area contributed by atoms with E-state index >= 15 is 0 Å². The number of benzene rings is 2. The maximum Gasteiger partial charge on any atom is 0.338 e. The third-order valence-corrected chi connectivity index (χ3v) is 3.60. The third-order valence-electron chi connectivity index (χ3n) is 3.36. The maximum absolute atomic E-state index is 12.1. The Morgan fingerprint density at radius 3 is 2.38 bits per heavy atom. The van der Waals surface area contributed by atoms with Gasteiger partial charge in [-0.3, -0.25) is 4.79 Å². The van der Waals surface area contributed by atoms with Gasteiger partial charge in [0.25, 0.3) is 5.91 Å². The van der Waals surface area contributed by atoms with Gasteiger partial charge in [0.15, 0.2) is 6.10 Å². The van der Waals surface area contributed by atoms with Gasteiger partial charge in [-0.25, -0.2) is 4.79 Å². The molecule has 0 aliphatic heterocycles. The van der Waals surface area contributed by atoms with Crippen molar-refractivity contribution in [3.8, 4) is 0 Å². The number of anilines is 2. The number of carbonyl (C=O) groups excluding carboxylic acids is 2. The number of esters is 1. The molecular weight excluding hydrogens is 328 g/mol. The lowest BCUT2D eigenvalue weighted by Gasteiger charge is -2.15. The van der Waals surface area contributed by atoms with Gasteiger partial charge in [-0.2, -0.15) is 0 Å². The molecule has 2 rings (SSSR count). The molecule has 0 aromatic heterocycles. The first kappa shape index (κ1) is 17.8. The Morgan fingerprint density at radius 1 is 1.12 bits per heavy atom. The quantitative estimate of drug-likeness (QED) is 0.840. The second kappa shape index (κ2) is 7.84. The monoisotopic (exact) mass is 346 g/mol. The standard InChI is InChI=1S/C18H19ClN2O3/c1-12(24-18(23)13-5-4-6-14(19)11-13)17(22)20-15-7-9-16(10-8-15)21(2)3/h4-12H,1-3H3,(H,20,22)/t12-/m0/s1. The highest BCUT2D eigenvalue weighted by atomic mass is 35.5. The van der Waals surface area contributed by atoms with Crippen LogP contribution in [0, 0.1) is 0 Å². The molecular formula is C18H19ClN2O3. The molecule has 0 aliphatic rings. The van der Waals surface area contributed by atoms with Gasteiger partial charge in [0.2, 0.25) is 0 Å². The molecule has 0 radical (unpaired) electrons. The molecule has 2 aromatic rings. The van der Waals surface area contributed by atoms with Gasteiger partial charge in [0.1, 0.15) is 0 Å². The van der Waals surface area contributed by atoms with E-state index in [0.29, 0.717) is 16.3 Å². The van der Waals surface area contributed by atoms with Crippen molar-refractivity contribution in [3.05, 3.63) is 59.1 Å². The molecule has 5 nitrogen and oxygen atoms in total. The van der Waals surface area contributed by atoms with Gasteiger partial charge >= 0.3 is 5.97 Å². The zero-order chi connectivity index (χ0) is 17.7. The average molecular weight is 347 g/mol. The fourth-order valence-electron chi connectivity index (χ4n) is 1.98. The number of hydrogen-bond acceptors (Lipinski definition) is 4. The van der Waals surface area contributed by atoms with E-state index in [2.05, 4.69) is 5.32 Å². The van der Waals surface area contributed by atoms with Gasteiger partial charge in [-0.05, 0) is 49.4 Å². The van der Waals surface area contributed by atoms with Gasteiger partial charge < -0.3 is 15.0 Å². The van der Waals surface area contributed by atoms with E-state index in [1.165, 1.54) is 13.0 Å². The molecule has 6 heteroatoms. The van der Waals surface area contributed by atoms with Crippen LogP contribution in [-0.4, -0.2) is 32.1 Å². The fourth-order valence-corrected chi connectivity index (χ4v) is 2.17. The summed E-state index contributed by atoms with van der Waals surface area (Å²) in [4.78, 5) is 26.1. The lowest BCUT2D eigenvalue weighted by Crippen LogP contribution is -2.30. The Morgan fingerprint density at radius 2 is 1.79 bits per heavy atom. The Balaban J connectivity index is 1.95. The van der Waals surface area contributed by atoms with Gasteiger partial charge in [0.05, 0.1) is 5.56 Å². The van der Waals surface area contributed by atoms with Crippen LogP contribution < -0.4 is 10.2 Å². The summed E-state index contributed by atoms with van der Waals surface area (Å²) in [5.41, 5.74) is 1.96. The molecule has 0 fully saturated rings. The van der Waals surface area contributed by atoms with E-state index in [1.54, 1.807) is 30.3 Å². The molecule has 2 aromatic carbocycles. The summed E-state index contributed by atoms with van der Waals surface area (Å²) >= 11 is 5.84. The minimum absolute atomic E-state index is 0.303. The summed E-state index contributed by atoms with van der Waals surface area (Å²) in [6, 6.07) is 13.7. The van der Waals surface area contributed by atoms with Crippen molar-refractivity contribution in [3.63, 3.8) is 0 Å². The van der Waals surface area contributed by atoms with Crippen molar-refractivity contribution in [2.75, 3.05) is 24.3 Å². The van der Waals surface area contributed by atoms with Crippen LogP contribution in [0.15, 0.2) is 48.5 Å². The molecule has 0 heterocycles. The van der Waals surface area contributed by atoms with E-state index in [9.17, 15) is 9.59 Å². The van der Waals surface area contributed by atoms with Crippen LogP contribution in [0.1, 0.15) is 17.3 Å². The number of amides is 1. The molecule has 0 aliphatic carbocycles. The lowest BCUT2D eigenvalue weighted by atomic mass is 10.2. The molecule has 1 amide bonds. The number of carbonyl (C=O) groups is 2. The summed E-state index contributed by atoms with van der Waals surface area (Å²) in [5, 5.41) is 3.15. The number of rotatable bonds is 5. The van der Waals surface area contributed by atoms with Gasteiger partial charge in [-0.15, -0.1) is 0 Å². The zero-order valence-corrected chi connectivity index (χ0v) is 14.5. The Labute approximate surface area is 146 Å². The summed E-state index contributed by atoms with van der Waals surface area (Å²) in [6.07, 6.45) is -0.926. The SMILES string of the molecule is C[C@H](OC(=O)c1cccc(Cl)c1)C(=O)Nc1ccc(N(C)C)cc1. The van der Waals surface area contributed by atoms with Crippen LogP contribution in [-0.2, 0) is 9.53 Å². The van der Waals surface area contributed by atoms with E-state index in [-0.39, 0.29) is 0 Å². The molecule has 0 saturated carbocycles. The fraction of sp³-hybridized carbons (Fsp3) is 0.222. The zero-order valence-electron chi connectivity index (χ0n) is 13.7. The second-order valence-corrected chi connectivity index (χ2v) is 5.92. The average Bonchev–Trinajstić information content (AvgIpc) is 2.55. The van der Waals surface area contributed by atoms with Crippen LogP contribution in [0.3, 0.4) is 0 Å². The smallest absolute Gasteiger partial charge is 0.338 e. The molecule has 0 bridgehead atoms. The van der Waals surface area contributed by atoms with Crippen molar-refractivity contribution in [1.82, 2.24) is 0 Å². The highest BCUT2D eigenvalue weighted by Crippen LogP contribution is 2.16. The van der Waals surface area contributed by atoms with E-state index in [4.69, 9.17) is 16.3 Å². The number of ether oxygens (including phenoxy) is 1. The molecule has 0 saturated heterocycles. The Bertz CT molecular complexity index is 729. The minimum Gasteiger partial charge on any atom is -0.449 e. The number of hydrogen-bond donors (Lipinski definition) is 1. The summed E-state index contributed by atoms with van der Waals surface area (Å²) < 4.78 is 5.17. The minimum atomic E-state index is -0.926. The second-order valence-electron chi connectivity index (χ2n) is 5.49. The summed E-state index contributed by atoms with van der Waals surface area (Å²) in [7, 11) is 3.87. The van der Waals surface area contributed by atoms with Crippen molar-refractivity contribution in [2.45, 2.75) is 13.0 Å². The third kappa shape index (κ3) is 4.73. The normalized spacial score (nSPS) is 11.5. The first-order valence-electron chi connectivity index (χ1n) is 7.41. The van der Waals surface area contributed by atoms with E-state index < -0.39 is 18.0 Å². The van der Waals surface area contributed by atoms with Gasteiger partial charge in [-0.1, -0.05) is 17.7 Å². The first-order valence-corrected chi connectivity index (χ1v) is 7.79. The topological polar surface area (TPSA) is 58.6 Å². The van der Waals surface area contributed by atoms with Crippen LogP contribution in [0.5, 0.6) is 0 Å². The van der Waals surface area contributed by atoms with E-state index in [0.717, 1.165) is 5.69 Å². The lowest BCUT2D eigenvalue weighted by molar-refractivity contribution is -0.123. The van der Waals surface area contributed by atoms with Crippen LogP contribution in [0.4, 0.5) is 11.4 Å². The molecule has 0 spiro atoms. The summed E-state index contributed by atoms with van der Waals surface area (Å²) in [5.74, 6) is -0.994. The van der Waals surface area contributed by atoms with Crippen molar-refractivity contribution in [1.29, 1.82) is 0 Å². The maximum atomic E-state index is 12.1. The van der Waals surface area contributed by atoms with Crippen molar-refractivity contribution in [2.24, 2.45) is 0 Å². The highest BCUT2D eigenvalue weighted by Gasteiger charge is 2.19. The molecule has 1 atom stereocenters. The predicted octanol–water partition coefficient (Wildman–Crippen LogP) is 3.59. The molecule has 0 unspecified atom stereocenters. The van der Waals surface area contributed by atoms with Crippen molar-refractivity contribution < 1.29 is 14.3 Å². The predicted molar refractivity (Wildman–Crippen MR) is 95.7 cm³/mol. The van der Waals surface area contributed by atoms with Crippen LogP contribution in [0.25, 0.3) is 0 Å². The summed E-state index contributed by atoms with van der Waals surface area (Å²) in [6.45, 7) is 1.52. The van der Waals surface area contributed by atoms with E-state index in [1.807, 2.05) is 31.1 Å². The van der Waals surface area contributed by atoms with Crippen molar-refractivity contribution >= 4 is 34.9 Å². The Hall–Kier alpha value is -2.53. The number of nitrogens with zero attached hydrogens (tertiary/aromatic N) is 1. The molecule has 126 valence electrons.